The van der Waals surface area contributed by atoms with Crippen molar-refractivity contribution in [2.45, 2.75) is 26.1 Å². The van der Waals surface area contributed by atoms with Gasteiger partial charge >= 0.3 is 0 Å². The van der Waals surface area contributed by atoms with Crippen LogP contribution in [0.1, 0.15) is 6.92 Å². The van der Waals surface area contributed by atoms with E-state index >= 15 is 0 Å². The molecule has 0 spiro atoms. The van der Waals surface area contributed by atoms with E-state index in [2.05, 4.69) is 20.0 Å². The van der Waals surface area contributed by atoms with Crippen molar-refractivity contribution in [3.63, 3.8) is 0 Å². The summed E-state index contributed by atoms with van der Waals surface area (Å²) in [4.78, 5) is 0. The number of hydrogen-bond acceptors (Lipinski definition) is 0. The quantitative estimate of drug-likeness (QED) is 0.426. The lowest BCUT2D eigenvalue weighted by molar-refractivity contribution is 1.41. The Labute approximate surface area is 35.8 Å². The van der Waals surface area contributed by atoms with Crippen LogP contribution in [-0.4, -0.2) is 8.80 Å². The third-order valence-electron chi connectivity index (χ3n) is 0.816. The molecule has 0 nitrogen and oxygen atoms in total. The fraction of sp³-hybridized carbons (Fsp3) is 1.00. The molecule has 0 N–H and O–H groups in total. The van der Waals surface area contributed by atoms with Crippen LogP contribution in [0.3, 0.4) is 0 Å². The summed E-state index contributed by atoms with van der Waals surface area (Å²) in [7, 11) is -0.150. The maximum absolute atomic E-state index is 2.36. The van der Waals surface area contributed by atoms with E-state index in [0.717, 1.165) is 0 Å². The average molecular weight is 88.2 g/mol. The smallest absolute Gasteiger partial charge is 0.0302 e. The highest BCUT2D eigenvalue weighted by Crippen LogP contribution is 1.83. The predicted octanol–water partition coefficient (Wildman–Crippen LogP) is 1.49. The standard InChI is InChI=1S/C4H12Si/c1-4-5(2)3/h5H,4H2,1-3H3. The van der Waals surface area contributed by atoms with Crippen LogP contribution < -0.4 is 0 Å². The van der Waals surface area contributed by atoms with Crippen molar-refractivity contribution in [2.24, 2.45) is 0 Å². The van der Waals surface area contributed by atoms with Gasteiger partial charge in [-0.15, -0.1) is 0 Å². The molecule has 0 aromatic rings. The Morgan fingerprint density at radius 1 is 1.40 bits per heavy atom. The molecule has 32 valence electrons. The highest BCUT2D eigenvalue weighted by atomic mass is 28.3. The van der Waals surface area contributed by atoms with Gasteiger partial charge in [-0.1, -0.05) is 26.1 Å². The third-order valence-corrected chi connectivity index (χ3v) is 2.45. The number of rotatable bonds is 1. The van der Waals surface area contributed by atoms with Crippen molar-refractivity contribution in [3.8, 4) is 0 Å². The largest absolute Gasteiger partial charge is 0.0722 e. The molecule has 0 aliphatic carbocycles. The van der Waals surface area contributed by atoms with Crippen molar-refractivity contribution in [3.05, 3.63) is 0 Å². The van der Waals surface area contributed by atoms with Crippen LogP contribution >= 0.6 is 0 Å². The van der Waals surface area contributed by atoms with Crippen LogP contribution in [0.15, 0.2) is 0 Å². The van der Waals surface area contributed by atoms with Gasteiger partial charge in [0.15, 0.2) is 0 Å². The molecule has 0 heterocycles. The maximum Gasteiger partial charge on any atom is 0.0302 e. The van der Waals surface area contributed by atoms with E-state index < -0.39 is 0 Å². The molecule has 0 atom stereocenters. The first kappa shape index (κ1) is 5.22. The van der Waals surface area contributed by atoms with Crippen molar-refractivity contribution in [1.82, 2.24) is 0 Å². The minimum atomic E-state index is -0.150. The minimum Gasteiger partial charge on any atom is -0.0722 e. The molecule has 0 aliphatic rings. The van der Waals surface area contributed by atoms with Crippen LogP contribution in [0.25, 0.3) is 0 Å². The summed E-state index contributed by atoms with van der Waals surface area (Å²) >= 11 is 0. The van der Waals surface area contributed by atoms with Gasteiger partial charge in [0, 0.05) is 8.80 Å². The van der Waals surface area contributed by atoms with Crippen LogP contribution in [0.2, 0.25) is 19.1 Å². The van der Waals surface area contributed by atoms with E-state index in [4.69, 9.17) is 0 Å². The summed E-state index contributed by atoms with van der Waals surface area (Å²) < 4.78 is 0. The molecule has 1 heteroatoms. The molecule has 0 saturated carbocycles. The topological polar surface area (TPSA) is 0 Å². The molecule has 0 radical (unpaired) electrons. The first-order valence-electron chi connectivity index (χ1n) is 2.27. The highest BCUT2D eigenvalue weighted by Gasteiger charge is 1.82. The molecule has 0 fully saturated rings. The molecular weight excluding hydrogens is 76.1 g/mol. The SMILES string of the molecule is CC[SiH](C)C. The predicted molar refractivity (Wildman–Crippen MR) is 29.4 cm³/mol. The van der Waals surface area contributed by atoms with Gasteiger partial charge in [0.1, 0.15) is 0 Å². The van der Waals surface area contributed by atoms with Crippen molar-refractivity contribution < 1.29 is 0 Å². The monoisotopic (exact) mass is 88.1 g/mol. The summed E-state index contributed by atoms with van der Waals surface area (Å²) in [5.74, 6) is 0. The summed E-state index contributed by atoms with van der Waals surface area (Å²) in [6.07, 6.45) is 0. The van der Waals surface area contributed by atoms with E-state index in [1.807, 2.05) is 0 Å². The molecule has 0 bridgehead atoms. The van der Waals surface area contributed by atoms with Crippen LogP contribution in [0.4, 0.5) is 0 Å². The lowest BCUT2D eigenvalue weighted by Crippen LogP contribution is -1.92. The van der Waals surface area contributed by atoms with Gasteiger partial charge in [-0.25, -0.2) is 0 Å². The molecule has 0 aromatic heterocycles. The zero-order valence-electron chi connectivity index (χ0n) is 4.28. The Bertz CT molecular complexity index is 17.6. The Morgan fingerprint density at radius 3 is 1.60 bits per heavy atom. The van der Waals surface area contributed by atoms with E-state index in [0.29, 0.717) is 0 Å². The highest BCUT2D eigenvalue weighted by molar-refractivity contribution is 6.55. The average Bonchev–Trinajstić information content (AvgIpc) is 1.38. The zero-order chi connectivity index (χ0) is 4.28. The Morgan fingerprint density at radius 2 is 1.60 bits per heavy atom. The van der Waals surface area contributed by atoms with E-state index in [-0.39, 0.29) is 8.80 Å². The molecule has 0 saturated heterocycles. The third kappa shape index (κ3) is 4.22. The second-order valence-electron chi connectivity index (χ2n) is 1.80. The van der Waals surface area contributed by atoms with Gasteiger partial charge in [0.25, 0.3) is 0 Å². The lowest BCUT2D eigenvalue weighted by Gasteiger charge is -1.87. The van der Waals surface area contributed by atoms with Crippen molar-refractivity contribution >= 4 is 8.80 Å². The molecule has 0 unspecified atom stereocenters. The molecular formula is C4H12Si. The van der Waals surface area contributed by atoms with Crippen molar-refractivity contribution in [2.75, 3.05) is 0 Å². The van der Waals surface area contributed by atoms with E-state index in [1.165, 1.54) is 6.04 Å². The summed E-state index contributed by atoms with van der Waals surface area (Å²) in [6.45, 7) is 6.98. The van der Waals surface area contributed by atoms with E-state index in [9.17, 15) is 0 Å². The summed E-state index contributed by atoms with van der Waals surface area (Å²) in [5.41, 5.74) is 0. The number of hydrogen-bond donors (Lipinski definition) is 0. The zero-order valence-corrected chi connectivity index (χ0v) is 5.44. The molecule has 0 amide bonds. The van der Waals surface area contributed by atoms with Gasteiger partial charge in [-0.2, -0.15) is 0 Å². The first-order chi connectivity index (χ1) is 2.27. The minimum absolute atomic E-state index is 0.150. The lowest BCUT2D eigenvalue weighted by atomic mass is 11.0. The fourth-order valence-electron chi connectivity index (χ4n) is 0. The summed E-state index contributed by atoms with van der Waals surface area (Å²) in [6, 6.07) is 1.44. The molecule has 0 rings (SSSR count). The fourth-order valence-corrected chi connectivity index (χ4v) is 0. The first-order valence-corrected chi connectivity index (χ1v) is 5.40. The van der Waals surface area contributed by atoms with Gasteiger partial charge < -0.3 is 0 Å². The van der Waals surface area contributed by atoms with E-state index in [1.54, 1.807) is 0 Å². The maximum atomic E-state index is 2.36. The molecule has 0 aromatic carbocycles. The van der Waals surface area contributed by atoms with Crippen molar-refractivity contribution in [1.29, 1.82) is 0 Å². The van der Waals surface area contributed by atoms with Gasteiger partial charge in [-0.3, -0.25) is 0 Å². The van der Waals surface area contributed by atoms with Gasteiger partial charge in [0.2, 0.25) is 0 Å². The van der Waals surface area contributed by atoms with Gasteiger partial charge in [0.05, 0.1) is 0 Å². The Hall–Kier alpha value is 0.217. The molecule has 5 heavy (non-hydrogen) atoms. The summed E-state index contributed by atoms with van der Waals surface area (Å²) in [5, 5.41) is 0. The van der Waals surface area contributed by atoms with Gasteiger partial charge in [-0.05, 0) is 0 Å². The van der Waals surface area contributed by atoms with Crippen LogP contribution in [-0.2, 0) is 0 Å². The Balaban J connectivity index is 2.54. The second kappa shape index (κ2) is 2.45. The second-order valence-corrected chi connectivity index (χ2v) is 5.41. The van der Waals surface area contributed by atoms with Crippen LogP contribution in [0, 0.1) is 0 Å². The Kier molecular flexibility index (Phi) is 2.56. The van der Waals surface area contributed by atoms with Crippen LogP contribution in [0.5, 0.6) is 0 Å². The normalized spacial score (nSPS) is 9.60. The molecule has 0 aliphatic heterocycles.